The van der Waals surface area contributed by atoms with Crippen molar-refractivity contribution in [3.05, 3.63) is 31.5 Å². The summed E-state index contributed by atoms with van der Waals surface area (Å²) in [6, 6.07) is 3.52. The molecule has 0 saturated heterocycles. The number of nitrogens with zero attached hydrogens (tertiary/aromatic N) is 3. The molecule has 0 fully saturated rings. The van der Waals surface area contributed by atoms with E-state index in [2.05, 4.69) is 41.9 Å². The molecule has 0 amide bonds. The second-order valence-corrected chi connectivity index (χ2v) is 3.90. The van der Waals surface area contributed by atoms with Crippen molar-refractivity contribution in [2.45, 2.75) is 0 Å². The van der Waals surface area contributed by atoms with Crippen LogP contribution in [0.3, 0.4) is 0 Å². The zero-order chi connectivity index (χ0) is 9.84. The SMILES string of the molecule is COc1cc(Br)cc(Br)c1N=[N+]=[N-]. The number of hydrogen-bond acceptors (Lipinski definition) is 2. The summed E-state index contributed by atoms with van der Waals surface area (Å²) in [6.07, 6.45) is 0. The number of rotatable bonds is 2. The molecule has 13 heavy (non-hydrogen) atoms. The molecule has 0 aromatic heterocycles. The quantitative estimate of drug-likeness (QED) is 0.460. The van der Waals surface area contributed by atoms with E-state index in [1.165, 1.54) is 7.11 Å². The predicted molar refractivity (Wildman–Crippen MR) is 57.2 cm³/mol. The van der Waals surface area contributed by atoms with Crippen LogP contribution in [0.2, 0.25) is 0 Å². The standard InChI is InChI=1S/C7H5Br2N3O/c1-13-6-3-4(8)2-5(9)7(6)11-12-10/h2-3H,1H3. The van der Waals surface area contributed by atoms with Crippen LogP contribution in [0.25, 0.3) is 10.4 Å². The molecule has 0 aliphatic rings. The largest absolute Gasteiger partial charge is 0.496 e. The Kier molecular flexibility index (Phi) is 3.59. The number of methoxy groups -OCH3 is 1. The second-order valence-electron chi connectivity index (χ2n) is 2.13. The minimum absolute atomic E-state index is 0.452. The first-order chi connectivity index (χ1) is 6.19. The molecule has 68 valence electrons. The molecular weight excluding hydrogens is 302 g/mol. The lowest BCUT2D eigenvalue weighted by Gasteiger charge is -2.05. The van der Waals surface area contributed by atoms with Gasteiger partial charge in [0, 0.05) is 13.9 Å². The van der Waals surface area contributed by atoms with Crippen LogP contribution in [0.1, 0.15) is 0 Å². The molecule has 0 atom stereocenters. The summed E-state index contributed by atoms with van der Waals surface area (Å²) in [7, 11) is 1.52. The Bertz CT molecular complexity index is 374. The van der Waals surface area contributed by atoms with E-state index in [-0.39, 0.29) is 0 Å². The van der Waals surface area contributed by atoms with Crippen LogP contribution < -0.4 is 4.74 Å². The van der Waals surface area contributed by atoms with Crippen LogP contribution in [-0.2, 0) is 0 Å². The molecule has 0 radical (unpaired) electrons. The van der Waals surface area contributed by atoms with Gasteiger partial charge in [0.05, 0.1) is 12.8 Å². The van der Waals surface area contributed by atoms with Gasteiger partial charge < -0.3 is 4.74 Å². The van der Waals surface area contributed by atoms with Gasteiger partial charge in [-0.05, 0) is 17.7 Å². The van der Waals surface area contributed by atoms with E-state index in [1.54, 1.807) is 12.1 Å². The molecule has 0 heterocycles. The molecule has 6 heteroatoms. The topological polar surface area (TPSA) is 58.0 Å². The van der Waals surface area contributed by atoms with Gasteiger partial charge in [0.15, 0.2) is 0 Å². The Morgan fingerprint density at radius 3 is 2.69 bits per heavy atom. The predicted octanol–water partition coefficient (Wildman–Crippen LogP) is 4.16. The Morgan fingerprint density at radius 2 is 2.15 bits per heavy atom. The fourth-order valence-corrected chi connectivity index (χ4v) is 2.11. The fourth-order valence-electron chi connectivity index (χ4n) is 0.840. The van der Waals surface area contributed by atoms with Gasteiger partial charge in [-0.1, -0.05) is 37.0 Å². The van der Waals surface area contributed by atoms with Gasteiger partial charge >= 0.3 is 0 Å². The molecular formula is C7H5Br2N3O. The minimum Gasteiger partial charge on any atom is -0.496 e. The van der Waals surface area contributed by atoms with Crippen LogP contribution in [-0.4, -0.2) is 7.11 Å². The molecule has 0 N–H and O–H groups in total. The number of ether oxygens (including phenoxy) is 1. The van der Waals surface area contributed by atoms with E-state index in [4.69, 9.17) is 10.3 Å². The van der Waals surface area contributed by atoms with E-state index in [9.17, 15) is 0 Å². The van der Waals surface area contributed by atoms with Crippen molar-refractivity contribution >= 4 is 37.5 Å². The zero-order valence-electron chi connectivity index (χ0n) is 6.66. The number of benzene rings is 1. The Hall–Kier alpha value is -0.710. The van der Waals surface area contributed by atoms with E-state index in [1.807, 2.05) is 0 Å². The maximum atomic E-state index is 8.30. The number of azide groups is 1. The Labute approximate surface area is 91.8 Å². The molecule has 1 rings (SSSR count). The molecule has 0 spiro atoms. The van der Waals surface area contributed by atoms with Crippen LogP contribution in [0, 0.1) is 0 Å². The van der Waals surface area contributed by atoms with Crippen LogP contribution in [0.5, 0.6) is 5.75 Å². The van der Waals surface area contributed by atoms with Crippen LogP contribution >= 0.6 is 31.9 Å². The lowest BCUT2D eigenvalue weighted by atomic mass is 10.3. The lowest BCUT2D eigenvalue weighted by molar-refractivity contribution is 0.415. The molecule has 0 bridgehead atoms. The first-order valence-corrected chi connectivity index (χ1v) is 4.85. The molecule has 0 aliphatic carbocycles. The van der Waals surface area contributed by atoms with Gasteiger partial charge in [-0.3, -0.25) is 0 Å². The summed E-state index contributed by atoms with van der Waals surface area (Å²) in [6.45, 7) is 0. The normalized spacial score (nSPS) is 9.15. The lowest BCUT2D eigenvalue weighted by Crippen LogP contribution is -1.83. The van der Waals surface area contributed by atoms with E-state index in [0.717, 1.165) is 4.47 Å². The number of halogens is 2. The molecule has 1 aromatic rings. The molecule has 4 nitrogen and oxygen atoms in total. The highest BCUT2D eigenvalue weighted by molar-refractivity contribution is 9.11. The van der Waals surface area contributed by atoms with Crippen molar-refractivity contribution in [1.29, 1.82) is 0 Å². The molecule has 0 aliphatic heterocycles. The molecule has 0 saturated carbocycles. The van der Waals surface area contributed by atoms with E-state index < -0.39 is 0 Å². The highest BCUT2D eigenvalue weighted by atomic mass is 79.9. The zero-order valence-corrected chi connectivity index (χ0v) is 9.83. The smallest absolute Gasteiger partial charge is 0.130 e. The molecule has 1 aromatic carbocycles. The van der Waals surface area contributed by atoms with Crippen LogP contribution in [0.15, 0.2) is 26.2 Å². The Balaban J connectivity index is 3.37. The summed E-state index contributed by atoms with van der Waals surface area (Å²) < 4.78 is 6.58. The van der Waals surface area contributed by atoms with Gasteiger partial charge in [0.1, 0.15) is 5.75 Å². The maximum absolute atomic E-state index is 8.30. The van der Waals surface area contributed by atoms with Crippen molar-refractivity contribution in [3.8, 4) is 5.75 Å². The Morgan fingerprint density at radius 1 is 1.46 bits per heavy atom. The van der Waals surface area contributed by atoms with Gasteiger partial charge in [-0.2, -0.15) is 0 Å². The first-order valence-electron chi connectivity index (χ1n) is 3.27. The third-order valence-electron chi connectivity index (χ3n) is 1.36. The maximum Gasteiger partial charge on any atom is 0.130 e. The van der Waals surface area contributed by atoms with Gasteiger partial charge in [0.2, 0.25) is 0 Å². The van der Waals surface area contributed by atoms with Gasteiger partial charge in [0.25, 0.3) is 0 Å². The third kappa shape index (κ3) is 2.37. The molecule has 0 unspecified atom stereocenters. The number of hydrogen-bond donors (Lipinski definition) is 0. The monoisotopic (exact) mass is 305 g/mol. The van der Waals surface area contributed by atoms with Crippen LogP contribution in [0.4, 0.5) is 5.69 Å². The van der Waals surface area contributed by atoms with E-state index >= 15 is 0 Å². The van der Waals surface area contributed by atoms with Gasteiger partial charge in [-0.15, -0.1) is 0 Å². The summed E-state index contributed by atoms with van der Waals surface area (Å²) in [5.41, 5.74) is 8.76. The van der Waals surface area contributed by atoms with Crippen molar-refractivity contribution in [2.75, 3.05) is 7.11 Å². The van der Waals surface area contributed by atoms with Crippen molar-refractivity contribution in [3.63, 3.8) is 0 Å². The van der Waals surface area contributed by atoms with Crippen molar-refractivity contribution in [1.82, 2.24) is 0 Å². The first kappa shape index (κ1) is 10.4. The highest BCUT2D eigenvalue weighted by Gasteiger charge is 2.06. The highest BCUT2D eigenvalue weighted by Crippen LogP contribution is 2.38. The van der Waals surface area contributed by atoms with Crippen molar-refractivity contribution < 1.29 is 4.74 Å². The summed E-state index contributed by atoms with van der Waals surface area (Å²) >= 11 is 6.56. The average molecular weight is 307 g/mol. The average Bonchev–Trinajstić information content (AvgIpc) is 2.09. The summed E-state index contributed by atoms with van der Waals surface area (Å²) in [4.78, 5) is 2.70. The minimum atomic E-state index is 0.452. The fraction of sp³-hybridized carbons (Fsp3) is 0.143. The second kappa shape index (κ2) is 4.50. The van der Waals surface area contributed by atoms with Gasteiger partial charge in [-0.25, -0.2) is 0 Å². The summed E-state index contributed by atoms with van der Waals surface area (Å²) in [5.74, 6) is 0.527. The van der Waals surface area contributed by atoms with E-state index in [0.29, 0.717) is 15.9 Å². The third-order valence-corrected chi connectivity index (χ3v) is 2.42. The van der Waals surface area contributed by atoms with Crippen molar-refractivity contribution in [2.24, 2.45) is 5.11 Å². The summed E-state index contributed by atoms with van der Waals surface area (Å²) in [5, 5.41) is 3.51.